The number of hydrogen-bond donors (Lipinski definition) is 2. The number of likely N-dealkylation sites (N-methyl/N-ethyl adjacent to an activating group) is 1. The molecule has 1 aliphatic heterocycles. The third kappa shape index (κ3) is 3.91. The number of rotatable bonds is 5. The van der Waals surface area contributed by atoms with Gasteiger partial charge in [-0.25, -0.2) is 0 Å². The summed E-state index contributed by atoms with van der Waals surface area (Å²) in [6.45, 7) is 7.38. The molecule has 4 heteroatoms. The van der Waals surface area contributed by atoms with Crippen LogP contribution in [0.3, 0.4) is 0 Å². The minimum Gasteiger partial charge on any atom is -0.396 e. The maximum atomic E-state index is 9.26. The van der Waals surface area contributed by atoms with Gasteiger partial charge in [0.05, 0.1) is 0 Å². The van der Waals surface area contributed by atoms with Gasteiger partial charge in [0.2, 0.25) is 0 Å². The van der Waals surface area contributed by atoms with Crippen LogP contribution in [0, 0.1) is 5.92 Å². The molecule has 0 aromatic rings. The van der Waals surface area contributed by atoms with E-state index in [0.29, 0.717) is 18.6 Å². The van der Waals surface area contributed by atoms with Gasteiger partial charge in [0.25, 0.3) is 0 Å². The zero-order valence-electron chi connectivity index (χ0n) is 11.1. The lowest BCUT2D eigenvalue weighted by Crippen LogP contribution is -2.47. The van der Waals surface area contributed by atoms with Gasteiger partial charge in [-0.1, -0.05) is 6.42 Å². The fourth-order valence-electron chi connectivity index (χ4n) is 3.00. The molecule has 2 atom stereocenters. The standard InChI is InChI=1S/C13H27N3O/c1-15-7-9-16(10-8-15)6-5-14-13-4-2-3-12(13)11-17/h12-14,17H,2-11H2,1H3. The lowest BCUT2D eigenvalue weighted by Gasteiger charge is -2.32. The third-order valence-electron chi connectivity index (χ3n) is 4.32. The van der Waals surface area contributed by atoms with Gasteiger partial charge in [-0.2, -0.15) is 0 Å². The highest BCUT2D eigenvalue weighted by atomic mass is 16.3. The Morgan fingerprint density at radius 2 is 1.94 bits per heavy atom. The van der Waals surface area contributed by atoms with Crippen molar-refractivity contribution < 1.29 is 5.11 Å². The Morgan fingerprint density at radius 3 is 2.65 bits per heavy atom. The van der Waals surface area contributed by atoms with Crippen LogP contribution in [-0.4, -0.2) is 73.9 Å². The van der Waals surface area contributed by atoms with Crippen LogP contribution in [0.4, 0.5) is 0 Å². The van der Waals surface area contributed by atoms with Crippen molar-refractivity contribution in [3.8, 4) is 0 Å². The Balaban J connectivity index is 1.59. The van der Waals surface area contributed by atoms with Crippen molar-refractivity contribution in [2.45, 2.75) is 25.3 Å². The van der Waals surface area contributed by atoms with Crippen molar-refractivity contribution in [1.29, 1.82) is 0 Å². The lowest BCUT2D eigenvalue weighted by molar-refractivity contribution is 0.150. The Hall–Kier alpha value is -0.160. The Morgan fingerprint density at radius 1 is 1.18 bits per heavy atom. The fraction of sp³-hybridized carbons (Fsp3) is 1.00. The van der Waals surface area contributed by atoms with E-state index in [1.165, 1.54) is 45.4 Å². The van der Waals surface area contributed by atoms with E-state index in [0.717, 1.165) is 13.1 Å². The number of hydrogen-bond acceptors (Lipinski definition) is 4. The van der Waals surface area contributed by atoms with Gasteiger partial charge in [-0.05, 0) is 25.8 Å². The van der Waals surface area contributed by atoms with Crippen molar-refractivity contribution >= 4 is 0 Å². The zero-order chi connectivity index (χ0) is 12.1. The first-order chi connectivity index (χ1) is 8.29. The molecule has 1 saturated heterocycles. The second kappa shape index (κ2) is 6.69. The Labute approximate surface area is 105 Å². The van der Waals surface area contributed by atoms with E-state index in [2.05, 4.69) is 22.2 Å². The quantitative estimate of drug-likeness (QED) is 0.710. The number of nitrogens with one attached hydrogen (secondary N) is 1. The molecule has 1 saturated carbocycles. The van der Waals surface area contributed by atoms with Crippen LogP contribution in [0.1, 0.15) is 19.3 Å². The molecule has 17 heavy (non-hydrogen) atoms. The van der Waals surface area contributed by atoms with Gasteiger partial charge in [0.15, 0.2) is 0 Å². The Kier molecular flexibility index (Phi) is 5.22. The predicted octanol–water partition coefficient (Wildman–Crippen LogP) is -0.0156. The van der Waals surface area contributed by atoms with Gasteiger partial charge in [0, 0.05) is 51.9 Å². The largest absolute Gasteiger partial charge is 0.396 e. The van der Waals surface area contributed by atoms with Crippen LogP contribution in [0.15, 0.2) is 0 Å². The number of nitrogens with zero attached hydrogens (tertiary/aromatic N) is 2. The SMILES string of the molecule is CN1CCN(CCNC2CCCC2CO)CC1. The minimum atomic E-state index is 0.353. The first-order valence-electron chi connectivity index (χ1n) is 7.04. The minimum absolute atomic E-state index is 0.353. The molecular weight excluding hydrogens is 214 g/mol. The second-order valence-electron chi connectivity index (χ2n) is 5.58. The smallest absolute Gasteiger partial charge is 0.0474 e. The summed E-state index contributed by atoms with van der Waals surface area (Å²) in [5.41, 5.74) is 0. The highest BCUT2D eigenvalue weighted by Crippen LogP contribution is 2.24. The molecule has 2 aliphatic rings. The van der Waals surface area contributed by atoms with Crippen LogP contribution in [0.2, 0.25) is 0 Å². The lowest BCUT2D eigenvalue weighted by atomic mass is 10.1. The molecule has 0 amide bonds. The molecule has 2 unspecified atom stereocenters. The average molecular weight is 241 g/mol. The summed E-state index contributed by atoms with van der Waals surface area (Å²) in [6.07, 6.45) is 3.72. The normalized spacial score (nSPS) is 32.1. The summed E-state index contributed by atoms with van der Waals surface area (Å²) in [5.74, 6) is 0.502. The summed E-state index contributed by atoms with van der Waals surface area (Å²) >= 11 is 0. The van der Waals surface area contributed by atoms with Crippen molar-refractivity contribution in [3.63, 3.8) is 0 Å². The van der Waals surface area contributed by atoms with E-state index in [1.54, 1.807) is 0 Å². The second-order valence-corrected chi connectivity index (χ2v) is 5.58. The van der Waals surface area contributed by atoms with Crippen LogP contribution in [0.5, 0.6) is 0 Å². The molecule has 4 nitrogen and oxygen atoms in total. The van der Waals surface area contributed by atoms with E-state index >= 15 is 0 Å². The summed E-state index contributed by atoms with van der Waals surface area (Å²) in [6, 6.07) is 0.562. The van der Waals surface area contributed by atoms with Crippen molar-refractivity contribution in [2.24, 2.45) is 5.92 Å². The van der Waals surface area contributed by atoms with Gasteiger partial charge >= 0.3 is 0 Å². The van der Waals surface area contributed by atoms with Crippen molar-refractivity contribution in [1.82, 2.24) is 15.1 Å². The average Bonchev–Trinajstić information content (AvgIpc) is 2.79. The molecule has 1 heterocycles. The zero-order valence-corrected chi connectivity index (χ0v) is 11.1. The van der Waals surface area contributed by atoms with Gasteiger partial charge in [0.1, 0.15) is 0 Å². The number of aliphatic hydroxyl groups excluding tert-OH is 1. The van der Waals surface area contributed by atoms with Gasteiger partial charge in [-0.15, -0.1) is 0 Å². The van der Waals surface area contributed by atoms with Crippen LogP contribution < -0.4 is 5.32 Å². The fourth-order valence-corrected chi connectivity index (χ4v) is 3.00. The van der Waals surface area contributed by atoms with E-state index in [-0.39, 0.29) is 0 Å². The van der Waals surface area contributed by atoms with E-state index < -0.39 is 0 Å². The summed E-state index contributed by atoms with van der Waals surface area (Å²) in [7, 11) is 2.19. The molecule has 100 valence electrons. The Bertz CT molecular complexity index is 217. The molecule has 0 spiro atoms. The molecule has 0 bridgehead atoms. The first-order valence-corrected chi connectivity index (χ1v) is 7.04. The highest BCUT2D eigenvalue weighted by Gasteiger charge is 2.25. The third-order valence-corrected chi connectivity index (χ3v) is 4.32. The number of piperazine rings is 1. The molecule has 1 aliphatic carbocycles. The van der Waals surface area contributed by atoms with Crippen LogP contribution >= 0.6 is 0 Å². The molecule has 0 aromatic carbocycles. The number of aliphatic hydroxyl groups is 1. The summed E-state index contributed by atoms with van der Waals surface area (Å²) in [4.78, 5) is 4.93. The predicted molar refractivity (Wildman–Crippen MR) is 70.2 cm³/mol. The maximum absolute atomic E-state index is 9.26. The van der Waals surface area contributed by atoms with E-state index in [4.69, 9.17) is 0 Å². The summed E-state index contributed by atoms with van der Waals surface area (Å²) in [5, 5.41) is 12.9. The summed E-state index contributed by atoms with van der Waals surface area (Å²) < 4.78 is 0. The van der Waals surface area contributed by atoms with Crippen molar-refractivity contribution in [2.75, 3.05) is 52.9 Å². The molecule has 2 N–H and O–H groups in total. The molecule has 0 aromatic heterocycles. The van der Waals surface area contributed by atoms with Gasteiger partial charge < -0.3 is 15.3 Å². The van der Waals surface area contributed by atoms with Crippen LogP contribution in [-0.2, 0) is 0 Å². The topological polar surface area (TPSA) is 38.7 Å². The van der Waals surface area contributed by atoms with E-state index in [1.807, 2.05) is 0 Å². The maximum Gasteiger partial charge on any atom is 0.0474 e. The molecular formula is C13H27N3O. The van der Waals surface area contributed by atoms with Crippen molar-refractivity contribution in [3.05, 3.63) is 0 Å². The van der Waals surface area contributed by atoms with Gasteiger partial charge in [-0.3, -0.25) is 4.90 Å². The van der Waals surface area contributed by atoms with Crippen LogP contribution in [0.25, 0.3) is 0 Å². The molecule has 2 rings (SSSR count). The molecule has 0 radical (unpaired) electrons. The monoisotopic (exact) mass is 241 g/mol. The highest BCUT2D eigenvalue weighted by molar-refractivity contribution is 4.83. The van der Waals surface area contributed by atoms with E-state index in [9.17, 15) is 5.11 Å². The first kappa shape index (κ1) is 13.3. The molecule has 2 fully saturated rings.